The first-order valence-electron chi connectivity index (χ1n) is 21.7. The van der Waals surface area contributed by atoms with E-state index in [4.69, 9.17) is 24.2 Å². The van der Waals surface area contributed by atoms with E-state index in [1.807, 2.05) is 44.2 Å². The Hall–Kier alpha value is -6.02. The molecule has 3 aromatic heterocycles. The summed E-state index contributed by atoms with van der Waals surface area (Å²) in [6.07, 6.45) is 8.65. The van der Waals surface area contributed by atoms with Gasteiger partial charge in [-0.05, 0) is 124 Å². The number of H-pyrrole nitrogens is 2. The molecular formula is C50H59N5O8. The molecule has 3 aromatic rings. The van der Waals surface area contributed by atoms with Crippen LogP contribution in [0.3, 0.4) is 0 Å². The predicted molar refractivity (Wildman–Crippen MR) is 248 cm³/mol. The zero-order valence-corrected chi connectivity index (χ0v) is 37.2. The van der Waals surface area contributed by atoms with Crippen LogP contribution >= 0.6 is 0 Å². The number of rotatable bonds is 23. The second-order valence-electron chi connectivity index (χ2n) is 16.1. The van der Waals surface area contributed by atoms with Crippen LogP contribution in [0.15, 0.2) is 49.1 Å². The number of Topliss-reactive ketones (excluding diaryl/α,β-unsaturated/α-hetero) is 1. The highest BCUT2D eigenvalue weighted by Gasteiger charge is 2.27. The van der Waals surface area contributed by atoms with E-state index < -0.39 is 5.97 Å². The minimum absolute atomic E-state index is 0.0384. The van der Waals surface area contributed by atoms with Crippen molar-refractivity contribution in [2.24, 2.45) is 0 Å². The number of allylic oxidation sites excluding steroid dienone is 4. The topological polar surface area (TPSA) is 177 Å². The van der Waals surface area contributed by atoms with E-state index in [0.29, 0.717) is 102 Å². The van der Waals surface area contributed by atoms with Crippen LogP contribution in [-0.2, 0) is 33.4 Å². The summed E-state index contributed by atoms with van der Waals surface area (Å²) in [5.41, 5.74) is 14.7. The van der Waals surface area contributed by atoms with E-state index in [9.17, 15) is 24.3 Å². The quantitative estimate of drug-likeness (QED) is 0.0616. The number of aliphatic carboxylic acids is 1. The standard InChI is InChI=1S/C50H59N5O8/c1-8-36-31(4)40-26-41-33(6)38(15-14-35(56)13-10-11-19-61-21-23-63-24-22-62-20-12-18-55-48(57)25-30(3)50(55)60)46(53-41)29-47-39(16-17-49(58)59)34(7)43(54-47)28-45-37(9-2)32(5)42(52-45)27-44(36)51-40/h8-9,25-29,51-52H,1-2,10-24H2,3-7H3,(H,58,59). The zero-order chi connectivity index (χ0) is 45.2. The zero-order valence-electron chi connectivity index (χ0n) is 37.2. The lowest BCUT2D eigenvalue weighted by Crippen LogP contribution is -2.32. The van der Waals surface area contributed by atoms with Crippen molar-refractivity contribution < 1.29 is 38.5 Å². The molecule has 0 saturated carbocycles. The van der Waals surface area contributed by atoms with Crippen molar-refractivity contribution >= 4 is 80.1 Å². The number of aromatic amines is 2. The summed E-state index contributed by atoms with van der Waals surface area (Å²) in [5, 5.41) is 9.65. The van der Waals surface area contributed by atoms with Crippen molar-refractivity contribution in [2.75, 3.05) is 46.2 Å². The first-order valence-corrected chi connectivity index (χ1v) is 21.7. The molecule has 6 heterocycles. The third kappa shape index (κ3) is 11.1. The van der Waals surface area contributed by atoms with Gasteiger partial charge >= 0.3 is 5.97 Å². The Balaban J connectivity index is 1.08. The van der Waals surface area contributed by atoms with Crippen LogP contribution in [0, 0.1) is 13.8 Å². The number of unbranched alkanes of at least 4 members (excludes halogenated alkanes) is 1. The molecule has 8 bridgehead atoms. The highest BCUT2D eigenvalue weighted by molar-refractivity contribution is 6.15. The monoisotopic (exact) mass is 857 g/mol. The number of hydrogen-bond acceptors (Lipinski definition) is 9. The summed E-state index contributed by atoms with van der Waals surface area (Å²) in [6, 6.07) is 8.08. The molecule has 0 spiro atoms. The largest absolute Gasteiger partial charge is 0.481 e. The molecular weight excluding hydrogens is 799 g/mol. The molecule has 13 nitrogen and oxygen atoms in total. The van der Waals surface area contributed by atoms with Gasteiger partial charge in [0.25, 0.3) is 11.8 Å². The molecule has 3 aliphatic rings. The molecule has 6 rings (SSSR count). The molecule has 332 valence electrons. The minimum Gasteiger partial charge on any atom is -0.481 e. The highest BCUT2D eigenvalue weighted by atomic mass is 16.5. The van der Waals surface area contributed by atoms with Crippen LogP contribution in [0.5, 0.6) is 0 Å². The highest BCUT2D eigenvalue weighted by Crippen LogP contribution is 2.38. The van der Waals surface area contributed by atoms with Crippen molar-refractivity contribution in [2.45, 2.75) is 86.0 Å². The molecule has 0 radical (unpaired) electrons. The van der Waals surface area contributed by atoms with Gasteiger partial charge in [-0.1, -0.05) is 25.3 Å². The molecule has 3 N–H and O–H groups in total. The van der Waals surface area contributed by atoms with E-state index in [1.165, 1.54) is 11.0 Å². The smallest absolute Gasteiger partial charge is 0.303 e. The van der Waals surface area contributed by atoms with Crippen LogP contribution < -0.4 is 0 Å². The summed E-state index contributed by atoms with van der Waals surface area (Å²) in [7, 11) is 0. The van der Waals surface area contributed by atoms with Gasteiger partial charge in [-0.25, -0.2) is 9.97 Å². The number of imide groups is 1. The molecule has 0 atom stereocenters. The Bertz CT molecular complexity index is 2570. The normalized spacial score (nSPS) is 14.0. The fraction of sp³-hybridized carbons (Fsp3) is 0.400. The van der Waals surface area contributed by atoms with Gasteiger partial charge in [-0.3, -0.25) is 24.1 Å². The summed E-state index contributed by atoms with van der Waals surface area (Å²) >= 11 is 0. The maximum Gasteiger partial charge on any atom is 0.303 e. The average molecular weight is 858 g/mol. The van der Waals surface area contributed by atoms with Crippen LogP contribution in [0.2, 0.25) is 0 Å². The van der Waals surface area contributed by atoms with Crippen LogP contribution in [0.4, 0.5) is 0 Å². The second-order valence-corrected chi connectivity index (χ2v) is 16.1. The van der Waals surface area contributed by atoms with E-state index >= 15 is 0 Å². The molecule has 0 aliphatic carbocycles. The van der Waals surface area contributed by atoms with Gasteiger partial charge < -0.3 is 29.3 Å². The molecule has 0 aromatic carbocycles. The molecule has 0 unspecified atom stereocenters. The van der Waals surface area contributed by atoms with E-state index in [0.717, 1.165) is 84.4 Å². The molecule has 3 aliphatic heterocycles. The van der Waals surface area contributed by atoms with Gasteiger partial charge in [-0.15, -0.1) is 0 Å². The number of fused-ring (bicyclic) bond motifs is 8. The Morgan fingerprint density at radius 1 is 0.651 bits per heavy atom. The maximum atomic E-state index is 13.3. The maximum absolute atomic E-state index is 13.3. The summed E-state index contributed by atoms with van der Waals surface area (Å²) in [5.74, 6) is -1.23. The van der Waals surface area contributed by atoms with E-state index in [-0.39, 0.29) is 24.0 Å². The van der Waals surface area contributed by atoms with Crippen LogP contribution in [0.1, 0.15) is 117 Å². The Morgan fingerprint density at radius 2 is 1.16 bits per heavy atom. The summed E-state index contributed by atoms with van der Waals surface area (Å²) in [6.45, 7) is 21.0. The second kappa shape index (κ2) is 21.4. The molecule has 2 amide bonds. The van der Waals surface area contributed by atoms with Crippen LogP contribution in [0.25, 0.3) is 56.5 Å². The van der Waals surface area contributed by atoms with Gasteiger partial charge in [0.1, 0.15) is 5.78 Å². The lowest BCUT2D eigenvalue weighted by atomic mass is 9.97. The number of carboxylic acids is 1. The van der Waals surface area contributed by atoms with Gasteiger partial charge in [-0.2, -0.15) is 0 Å². The number of ether oxygens (including phenoxy) is 3. The third-order valence-electron chi connectivity index (χ3n) is 11.9. The number of aryl methyl sites for hydroxylation is 2. The third-order valence-corrected chi connectivity index (χ3v) is 11.9. The molecule has 0 saturated heterocycles. The number of hydrogen-bond donors (Lipinski definition) is 3. The number of aromatic nitrogens is 4. The first kappa shape index (κ1) is 46.5. The van der Waals surface area contributed by atoms with Gasteiger partial charge in [0.05, 0.1) is 49.2 Å². The van der Waals surface area contributed by atoms with Crippen molar-refractivity contribution in [3.05, 3.63) is 94.1 Å². The number of ketones is 1. The van der Waals surface area contributed by atoms with Gasteiger partial charge in [0.2, 0.25) is 0 Å². The lowest BCUT2D eigenvalue weighted by Gasteiger charge is -2.14. The fourth-order valence-corrected chi connectivity index (χ4v) is 8.17. The fourth-order valence-electron chi connectivity index (χ4n) is 8.17. The van der Waals surface area contributed by atoms with Crippen molar-refractivity contribution in [3.8, 4) is 0 Å². The lowest BCUT2D eigenvalue weighted by molar-refractivity contribution is -0.138. The summed E-state index contributed by atoms with van der Waals surface area (Å²) in [4.78, 5) is 67.4. The number of carbonyl (C=O) groups excluding carboxylic acids is 3. The SMILES string of the molecule is C=Cc1c(C)c2cc3[nH]c(cc4nc(cc5nc(cc1[nH]2)C(C)=C5CCC(=O)O)C(CCC(=O)CCCCOCCOCCOCCCN1C(=O)C=C(C)C1=O)=C4C)c(C)c3C=C. The average Bonchev–Trinajstić information content (AvgIpc) is 3.97. The van der Waals surface area contributed by atoms with Crippen molar-refractivity contribution in [1.82, 2.24) is 24.8 Å². The van der Waals surface area contributed by atoms with Gasteiger partial charge in [0, 0.05) is 83.9 Å². The molecule has 63 heavy (non-hydrogen) atoms. The van der Waals surface area contributed by atoms with Gasteiger partial charge in [0.15, 0.2) is 0 Å². The van der Waals surface area contributed by atoms with Crippen molar-refractivity contribution in [1.29, 1.82) is 0 Å². The molecule has 0 fully saturated rings. The Kier molecular flexibility index (Phi) is 15.8. The van der Waals surface area contributed by atoms with E-state index in [2.05, 4.69) is 43.0 Å². The number of amides is 2. The predicted octanol–water partition coefficient (Wildman–Crippen LogP) is 9.22. The number of carboxylic acid groups (broad SMARTS) is 1. The number of nitrogens with one attached hydrogen (secondary N) is 2. The van der Waals surface area contributed by atoms with E-state index in [1.54, 1.807) is 6.92 Å². The van der Waals surface area contributed by atoms with Crippen LogP contribution in [-0.4, -0.2) is 99.7 Å². The Morgan fingerprint density at radius 3 is 1.70 bits per heavy atom. The number of nitrogens with zero attached hydrogens (tertiary/aromatic N) is 3. The number of carbonyl (C=O) groups is 4. The first-order chi connectivity index (χ1) is 30.3. The molecule has 13 heteroatoms. The van der Waals surface area contributed by atoms with Crippen molar-refractivity contribution in [3.63, 3.8) is 0 Å². The Labute approximate surface area is 368 Å². The minimum atomic E-state index is -0.883. The summed E-state index contributed by atoms with van der Waals surface area (Å²) < 4.78 is 16.8.